The Morgan fingerprint density at radius 2 is 1.55 bits per heavy atom. The van der Waals surface area contributed by atoms with Gasteiger partial charge in [0, 0.05) is 0 Å². The van der Waals surface area contributed by atoms with Crippen molar-refractivity contribution in [2.75, 3.05) is 20.6 Å². The Labute approximate surface area is 135 Å². The maximum Gasteiger partial charge on any atom is 0.328 e. The fourth-order valence-corrected chi connectivity index (χ4v) is 2.57. The number of urea groups is 1. The average molecular weight is 326 g/mol. The molecule has 2 rings (SSSR count). The van der Waals surface area contributed by atoms with Gasteiger partial charge in [-0.05, 0) is 39.0 Å². The van der Waals surface area contributed by atoms with Gasteiger partial charge in [-0.2, -0.15) is 0 Å². The van der Waals surface area contributed by atoms with Gasteiger partial charge < -0.3 is 4.90 Å². The standard InChI is InChI=1S/C15H19N3O3.ClH/c1-18(2)10-6-9-15(11-7-4-3-5-8-11)12(19)16-14(21)17-13(15)20;/h3-5,7-8H,6,9-10H2,1-2H3,(H2,16,17,19,20,21);1H. The normalized spacial score (nSPS) is 16.8. The van der Waals surface area contributed by atoms with Crippen molar-refractivity contribution in [3.63, 3.8) is 0 Å². The highest BCUT2D eigenvalue weighted by atomic mass is 35.5. The average Bonchev–Trinajstić information content (AvgIpc) is 2.42. The monoisotopic (exact) mass is 325 g/mol. The van der Waals surface area contributed by atoms with E-state index in [2.05, 4.69) is 10.6 Å². The summed E-state index contributed by atoms with van der Waals surface area (Å²) in [5, 5.41) is 4.43. The van der Waals surface area contributed by atoms with Crippen LogP contribution in [0.1, 0.15) is 18.4 Å². The Hall–Kier alpha value is -1.92. The Balaban J connectivity index is 0.00000242. The van der Waals surface area contributed by atoms with Crippen LogP contribution in [0.5, 0.6) is 0 Å². The highest BCUT2D eigenvalue weighted by molar-refractivity contribution is 6.22. The molecule has 0 aromatic heterocycles. The van der Waals surface area contributed by atoms with Crippen LogP contribution >= 0.6 is 12.4 Å². The summed E-state index contributed by atoms with van der Waals surface area (Å²) in [6.45, 7) is 0.753. The van der Waals surface area contributed by atoms with Crippen LogP contribution in [0.25, 0.3) is 0 Å². The van der Waals surface area contributed by atoms with E-state index in [9.17, 15) is 14.4 Å². The number of barbiturate groups is 1. The molecule has 1 heterocycles. The van der Waals surface area contributed by atoms with Gasteiger partial charge in [0.1, 0.15) is 0 Å². The Morgan fingerprint density at radius 3 is 2.05 bits per heavy atom. The van der Waals surface area contributed by atoms with E-state index in [0.29, 0.717) is 18.4 Å². The highest BCUT2D eigenvalue weighted by Gasteiger charge is 2.51. The second-order valence-corrected chi connectivity index (χ2v) is 5.42. The van der Waals surface area contributed by atoms with Gasteiger partial charge in [-0.3, -0.25) is 20.2 Å². The fourth-order valence-electron chi connectivity index (χ4n) is 2.57. The van der Waals surface area contributed by atoms with Crippen molar-refractivity contribution in [1.82, 2.24) is 15.5 Å². The van der Waals surface area contributed by atoms with Crippen molar-refractivity contribution in [3.8, 4) is 0 Å². The summed E-state index contributed by atoms with van der Waals surface area (Å²) in [6, 6.07) is 8.10. The molecule has 4 amide bonds. The second-order valence-electron chi connectivity index (χ2n) is 5.42. The summed E-state index contributed by atoms with van der Waals surface area (Å²) < 4.78 is 0. The molecule has 0 aliphatic carbocycles. The Kier molecular flexibility index (Phi) is 6.08. The number of nitrogens with one attached hydrogen (secondary N) is 2. The maximum atomic E-state index is 12.4. The van der Waals surface area contributed by atoms with Crippen molar-refractivity contribution in [2.45, 2.75) is 18.3 Å². The molecule has 1 aliphatic rings. The highest BCUT2D eigenvalue weighted by Crippen LogP contribution is 2.32. The molecule has 1 aromatic carbocycles. The molecule has 2 N–H and O–H groups in total. The number of amides is 4. The maximum absolute atomic E-state index is 12.4. The van der Waals surface area contributed by atoms with Crippen LogP contribution in [0.3, 0.4) is 0 Å². The first-order valence-electron chi connectivity index (χ1n) is 6.84. The van der Waals surface area contributed by atoms with Gasteiger partial charge in [0.2, 0.25) is 11.8 Å². The van der Waals surface area contributed by atoms with Crippen molar-refractivity contribution in [1.29, 1.82) is 0 Å². The molecule has 0 saturated carbocycles. The van der Waals surface area contributed by atoms with E-state index >= 15 is 0 Å². The zero-order valence-electron chi connectivity index (χ0n) is 12.6. The van der Waals surface area contributed by atoms with Crippen molar-refractivity contribution >= 4 is 30.3 Å². The van der Waals surface area contributed by atoms with E-state index in [-0.39, 0.29) is 12.4 Å². The summed E-state index contributed by atoms with van der Waals surface area (Å²) in [4.78, 5) is 38.1. The van der Waals surface area contributed by atoms with Gasteiger partial charge in [0.25, 0.3) is 0 Å². The summed E-state index contributed by atoms with van der Waals surface area (Å²) in [5.41, 5.74) is -0.739. The lowest BCUT2D eigenvalue weighted by atomic mass is 9.74. The summed E-state index contributed by atoms with van der Waals surface area (Å²) in [5.74, 6) is -1.11. The third kappa shape index (κ3) is 3.45. The smallest absolute Gasteiger partial charge is 0.309 e. The quantitative estimate of drug-likeness (QED) is 0.793. The molecule has 0 spiro atoms. The number of carbonyl (C=O) groups is 3. The number of halogens is 1. The minimum Gasteiger partial charge on any atom is -0.309 e. The van der Waals surface area contributed by atoms with Crippen LogP contribution in [-0.4, -0.2) is 43.4 Å². The van der Waals surface area contributed by atoms with Gasteiger partial charge >= 0.3 is 6.03 Å². The summed E-state index contributed by atoms with van der Waals surface area (Å²) in [7, 11) is 3.86. The molecule has 0 unspecified atom stereocenters. The van der Waals surface area contributed by atoms with Crippen LogP contribution in [0, 0.1) is 0 Å². The number of carbonyl (C=O) groups excluding carboxylic acids is 3. The zero-order chi connectivity index (χ0) is 15.5. The van der Waals surface area contributed by atoms with Gasteiger partial charge in [-0.1, -0.05) is 30.3 Å². The van der Waals surface area contributed by atoms with Crippen molar-refractivity contribution in [3.05, 3.63) is 35.9 Å². The van der Waals surface area contributed by atoms with E-state index in [1.54, 1.807) is 24.3 Å². The number of rotatable bonds is 5. The van der Waals surface area contributed by atoms with Crippen molar-refractivity contribution < 1.29 is 14.4 Å². The first-order chi connectivity index (χ1) is 9.96. The molecule has 1 fully saturated rings. The van der Waals surface area contributed by atoms with Gasteiger partial charge in [-0.25, -0.2) is 4.79 Å². The molecule has 1 saturated heterocycles. The van der Waals surface area contributed by atoms with E-state index < -0.39 is 23.3 Å². The van der Waals surface area contributed by atoms with Crippen LogP contribution in [0.4, 0.5) is 4.79 Å². The van der Waals surface area contributed by atoms with Crippen LogP contribution < -0.4 is 10.6 Å². The van der Waals surface area contributed by atoms with E-state index in [1.165, 1.54) is 0 Å². The molecule has 1 aromatic rings. The minimum absolute atomic E-state index is 0. The van der Waals surface area contributed by atoms with Crippen molar-refractivity contribution in [2.24, 2.45) is 0 Å². The number of hydrogen-bond donors (Lipinski definition) is 2. The number of imide groups is 2. The van der Waals surface area contributed by atoms with Gasteiger partial charge in [0.15, 0.2) is 5.41 Å². The molecule has 0 atom stereocenters. The molecule has 0 radical (unpaired) electrons. The van der Waals surface area contributed by atoms with Gasteiger partial charge in [0.05, 0.1) is 0 Å². The molecular formula is C15H20ClN3O3. The lowest BCUT2D eigenvalue weighted by Crippen LogP contribution is -2.64. The minimum atomic E-state index is -1.34. The molecule has 22 heavy (non-hydrogen) atoms. The third-order valence-corrected chi connectivity index (χ3v) is 3.65. The molecular weight excluding hydrogens is 306 g/mol. The van der Waals surface area contributed by atoms with E-state index in [1.807, 2.05) is 25.1 Å². The van der Waals surface area contributed by atoms with E-state index in [0.717, 1.165) is 6.54 Å². The van der Waals surface area contributed by atoms with E-state index in [4.69, 9.17) is 0 Å². The molecule has 6 nitrogen and oxygen atoms in total. The first-order valence-corrected chi connectivity index (χ1v) is 6.84. The lowest BCUT2D eigenvalue weighted by Gasteiger charge is -2.34. The van der Waals surface area contributed by atoms with Crippen LogP contribution in [-0.2, 0) is 15.0 Å². The first kappa shape index (κ1) is 18.1. The summed E-state index contributed by atoms with van der Waals surface area (Å²) in [6.07, 6.45) is 1.01. The predicted molar refractivity (Wildman–Crippen MR) is 84.8 cm³/mol. The molecule has 7 heteroatoms. The number of nitrogens with zero attached hydrogens (tertiary/aromatic N) is 1. The molecule has 1 aliphatic heterocycles. The second kappa shape index (κ2) is 7.38. The fraction of sp³-hybridized carbons (Fsp3) is 0.400. The van der Waals surface area contributed by atoms with Crippen LogP contribution in [0.15, 0.2) is 30.3 Å². The SMILES string of the molecule is CN(C)CCCC1(c2ccccc2)C(=O)NC(=O)NC1=O.Cl. The Bertz CT molecular complexity index is 540. The largest absolute Gasteiger partial charge is 0.328 e. The third-order valence-electron chi connectivity index (χ3n) is 3.65. The molecule has 0 bridgehead atoms. The number of benzene rings is 1. The van der Waals surface area contributed by atoms with Crippen LogP contribution in [0.2, 0.25) is 0 Å². The number of hydrogen-bond acceptors (Lipinski definition) is 4. The lowest BCUT2D eigenvalue weighted by molar-refractivity contribution is -0.139. The van der Waals surface area contributed by atoms with Gasteiger partial charge in [-0.15, -0.1) is 12.4 Å². The summed E-state index contributed by atoms with van der Waals surface area (Å²) >= 11 is 0. The molecule has 120 valence electrons. The predicted octanol–water partition coefficient (Wildman–Crippen LogP) is 1.05. The Morgan fingerprint density at radius 1 is 1.00 bits per heavy atom. The zero-order valence-corrected chi connectivity index (χ0v) is 13.4. The topological polar surface area (TPSA) is 78.5 Å².